The van der Waals surface area contributed by atoms with Crippen molar-refractivity contribution in [3.05, 3.63) is 88.5 Å². The van der Waals surface area contributed by atoms with Crippen LogP contribution in [0.4, 0.5) is 23.2 Å². The van der Waals surface area contributed by atoms with Crippen LogP contribution in [-0.4, -0.2) is 59.1 Å². The maximum Gasteiger partial charge on any atom is 0.433 e. The molecule has 210 valence electrons. The molecule has 0 amide bonds. The number of benzene rings is 2. The Morgan fingerprint density at radius 2 is 1.85 bits per heavy atom. The zero-order valence-corrected chi connectivity index (χ0v) is 21.8. The van der Waals surface area contributed by atoms with Crippen LogP contribution in [0.15, 0.2) is 60.8 Å². The van der Waals surface area contributed by atoms with Crippen LogP contribution in [-0.2, 0) is 11.8 Å². The first-order valence-corrected chi connectivity index (χ1v) is 12.6. The second-order valence-electron chi connectivity index (χ2n) is 9.69. The molecule has 0 saturated carbocycles. The Morgan fingerprint density at radius 1 is 1.13 bits per heavy atom. The number of nitrogens with two attached hydrogens (primary N) is 1. The molecule has 1 aliphatic heterocycles. The highest BCUT2D eigenvalue weighted by molar-refractivity contribution is 6.33. The van der Waals surface area contributed by atoms with Crippen molar-refractivity contribution in [2.75, 3.05) is 37.7 Å². The lowest BCUT2D eigenvalue weighted by molar-refractivity contribution is -0.141. The van der Waals surface area contributed by atoms with E-state index in [4.69, 9.17) is 22.1 Å². The minimum absolute atomic E-state index is 0.0963. The van der Waals surface area contributed by atoms with Crippen LogP contribution in [0.1, 0.15) is 29.8 Å². The van der Waals surface area contributed by atoms with Crippen molar-refractivity contribution in [1.82, 2.24) is 9.88 Å². The van der Waals surface area contributed by atoms with E-state index in [9.17, 15) is 27.8 Å². The second-order valence-corrected chi connectivity index (χ2v) is 10.1. The molecule has 2 aromatic carbocycles. The molecule has 4 N–H and O–H groups in total. The largest absolute Gasteiger partial charge is 0.489 e. The number of β-amino-alcohol motifs (C(OH)–C–C–N with tert-alkyl or cyclic N) is 1. The summed E-state index contributed by atoms with van der Waals surface area (Å²) < 4.78 is 57.9. The van der Waals surface area contributed by atoms with Gasteiger partial charge in [-0.3, -0.25) is 9.88 Å². The fraction of sp³-hybridized carbons (Fsp3) is 0.370. The zero-order chi connectivity index (χ0) is 28.4. The van der Waals surface area contributed by atoms with Crippen LogP contribution >= 0.6 is 11.6 Å². The third-order valence-corrected chi connectivity index (χ3v) is 6.88. The molecule has 1 fully saturated rings. The van der Waals surface area contributed by atoms with Gasteiger partial charge in [0.25, 0.3) is 0 Å². The Bertz CT molecular complexity index is 1260. The van der Waals surface area contributed by atoms with Gasteiger partial charge in [-0.15, -0.1) is 0 Å². The van der Waals surface area contributed by atoms with E-state index in [1.807, 2.05) is 4.90 Å². The molecule has 12 heteroatoms. The number of aliphatic hydroxyl groups is 2. The van der Waals surface area contributed by atoms with Gasteiger partial charge in [0, 0.05) is 44.0 Å². The molecule has 2 heterocycles. The number of nitrogens with zero attached hydrogens (tertiary/aromatic N) is 3. The predicted molar refractivity (Wildman–Crippen MR) is 139 cm³/mol. The maximum absolute atomic E-state index is 13.7. The molecule has 7 nitrogen and oxygen atoms in total. The van der Waals surface area contributed by atoms with Gasteiger partial charge in [-0.05, 0) is 42.8 Å². The van der Waals surface area contributed by atoms with Crippen LogP contribution in [0.3, 0.4) is 0 Å². The molecule has 39 heavy (non-hydrogen) atoms. The average molecular weight is 569 g/mol. The first kappa shape index (κ1) is 29.0. The molecule has 0 bridgehead atoms. The number of hydrogen-bond donors (Lipinski definition) is 3. The van der Waals surface area contributed by atoms with Gasteiger partial charge in [-0.2, -0.15) is 13.2 Å². The Hall–Kier alpha value is -2.96. The average Bonchev–Trinajstić information content (AvgIpc) is 2.87. The van der Waals surface area contributed by atoms with Crippen molar-refractivity contribution in [2.24, 2.45) is 5.73 Å². The van der Waals surface area contributed by atoms with Gasteiger partial charge in [-0.25, -0.2) is 4.39 Å². The number of ether oxygens (including phenoxy) is 1. The summed E-state index contributed by atoms with van der Waals surface area (Å²) in [5.41, 5.74) is 4.62. The standard InChI is InChI=1S/C27H29ClF4N4O3/c1-26(38,18-4-9-24(34-13-18)27(30,31)32)16-35-10-11-36(23(14-35)17-2-5-19(29)6-3-17)22-8-7-20(12-21(22)28)39-15-25(33)37/h2-9,12-13,23,25,37-38H,10-11,14-16,33H2,1H3/t23-,25-,26+/m0/s1. The number of halogens is 5. The van der Waals surface area contributed by atoms with Gasteiger partial charge < -0.3 is 25.6 Å². The van der Waals surface area contributed by atoms with Gasteiger partial charge in [-0.1, -0.05) is 29.8 Å². The molecule has 0 unspecified atom stereocenters. The van der Waals surface area contributed by atoms with Gasteiger partial charge in [0.15, 0.2) is 0 Å². The minimum Gasteiger partial charge on any atom is -0.489 e. The molecule has 1 aliphatic rings. The van der Waals surface area contributed by atoms with Crippen LogP contribution in [0.5, 0.6) is 5.75 Å². The molecular formula is C27H29ClF4N4O3. The summed E-state index contributed by atoms with van der Waals surface area (Å²) >= 11 is 6.61. The molecule has 4 rings (SSSR count). The number of anilines is 1. The van der Waals surface area contributed by atoms with E-state index in [1.54, 1.807) is 30.3 Å². The lowest BCUT2D eigenvalue weighted by Crippen LogP contribution is -2.52. The van der Waals surface area contributed by atoms with Gasteiger partial charge in [0.05, 0.1) is 16.8 Å². The number of aliphatic hydroxyl groups excluding tert-OH is 1. The Kier molecular flexibility index (Phi) is 8.67. The molecule has 3 atom stereocenters. The fourth-order valence-corrected chi connectivity index (χ4v) is 4.92. The molecule has 0 aliphatic carbocycles. The van der Waals surface area contributed by atoms with Crippen LogP contribution < -0.4 is 15.4 Å². The van der Waals surface area contributed by atoms with E-state index in [0.29, 0.717) is 36.1 Å². The van der Waals surface area contributed by atoms with Crippen molar-refractivity contribution in [3.8, 4) is 5.75 Å². The first-order chi connectivity index (χ1) is 18.3. The SMILES string of the molecule is C[C@@](O)(CN1CCN(c2ccc(OC[C@@H](N)O)cc2Cl)[C@H](c2ccc(F)cc2)C1)c1ccc(C(F)(F)F)nc1. The Labute approximate surface area is 228 Å². The lowest BCUT2D eigenvalue weighted by Gasteiger charge is -2.45. The second kappa shape index (κ2) is 11.6. The van der Waals surface area contributed by atoms with Crippen LogP contribution in [0.2, 0.25) is 5.02 Å². The van der Waals surface area contributed by atoms with Crippen LogP contribution in [0.25, 0.3) is 0 Å². The Balaban J connectivity index is 1.56. The molecule has 0 radical (unpaired) electrons. The summed E-state index contributed by atoms with van der Waals surface area (Å²) in [6.07, 6.45) is -4.65. The number of rotatable bonds is 8. The summed E-state index contributed by atoms with van der Waals surface area (Å²) in [7, 11) is 0. The Morgan fingerprint density at radius 3 is 2.44 bits per heavy atom. The highest BCUT2D eigenvalue weighted by Gasteiger charge is 2.36. The maximum atomic E-state index is 13.7. The quantitative estimate of drug-likeness (QED) is 0.275. The highest BCUT2D eigenvalue weighted by Crippen LogP contribution is 2.38. The fourth-order valence-electron chi connectivity index (χ4n) is 4.64. The molecule has 1 saturated heterocycles. The monoisotopic (exact) mass is 568 g/mol. The topological polar surface area (TPSA) is 95.1 Å². The number of pyridine rings is 1. The van der Waals surface area contributed by atoms with E-state index in [2.05, 4.69) is 9.88 Å². The number of piperazine rings is 1. The number of alkyl halides is 3. The summed E-state index contributed by atoms with van der Waals surface area (Å²) in [6.45, 7) is 2.99. The summed E-state index contributed by atoms with van der Waals surface area (Å²) in [5.74, 6) is 0.0590. The van der Waals surface area contributed by atoms with E-state index in [0.717, 1.165) is 17.8 Å². The number of hydrogen-bond acceptors (Lipinski definition) is 7. The minimum atomic E-state index is -4.57. The zero-order valence-electron chi connectivity index (χ0n) is 21.1. The first-order valence-electron chi connectivity index (χ1n) is 12.2. The van der Waals surface area contributed by atoms with Crippen molar-refractivity contribution in [2.45, 2.75) is 31.0 Å². The van der Waals surface area contributed by atoms with Crippen LogP contribution in [0, 0.1) is 5.82 Å². The number of aromatic nitrogens is 1. The van der Waals surface area contributed by atoms with Gasteiger partial charge >= 0.3 is 6.18 Å². The van der Waals surface area contributed by atoms with Gasteiger partial charge in [0.1, 0.15) is 35.7 Å². The summed E-state index contributed by atoms with van der Waals surface area (Å²) in [4.78, 5) is 7.55. The van der Waals surface area contributed by atoms with E-state index in [1.165, 1.54) is 25.1 Å². The van der Waals surface area contributed by atoms with Crippen molar-refractivity contribution in [1.29, 1.82) is 0 Å². The molecule has 1 aromatic heterocycles. The van der Waals surface area contributed by atoms with E-state index in [-0.39, 0.29) is 30.6 Å². The molecule has 3 aromatic rings. The third kappa shape index (κ3) is 7.17. The highest BCUT2D eigenvalue weighted by atomic mass is 35.5. The van der Waals surface area contributed by atoms with Gasteiger partial charge in [0.2, 0.25) is 0 Å². The lowest BCUT2D eigenvalue weighted by atomic mass is 9.94. The summed E-state index contributed by atoms with van der Waals surface area (Å²) in [6, 6.07) is 13.0. The molecular weight excluding hydrogens is 540 g/mol. The van der Waals surface area contributed by atoms with Crippen molar-refractivity contribution in [3.63, 3.8) is 0 Å². The van der Waals surface area contributed by atoms with E-state index >= 15 is 0 Å². The molecule has 0 spiro atoms. The third-order valence-electron chi connectivity index (χ3n) is 6.58. The van der Waals surface area contributed by atoms with Crippen molar-refractivity contribution < 1.29 is 32.5 Å². The van der Waals surface area contributed by atoms with Crippen molar-refractivity contribution >= 4 is 17.3 Å². The normalized spacial score (nSPS) is 19.0. The predicted octanol–water partition coefficient (Wildman–Crippen LogP) is 4.32. The van der Waals surface area contributed by atoms with E-state index < -0.39 is 23.7 Å². The smallest absolute Gasteiger partial charge is 0.433 e. The summed E-state index contributed by atoms with van der Waals surface area (Å²) in [5, 5.41) is 20.8.